The first-order valence-electron chi connectivity index (χ1n) is 11.3. The van der Waals surface area contributed by atoms with E-state index in [2.05, 4.69) is 10.00 Å². The number of fused-ring (bicyclic) bond motifs is 4. The first-order chi connectivity index (χ1) is 14.9. The first kappa shape index (κ1) is 20.6. The van der Waals surface area contributed by atoms with E-state index in [9.17, 15) is 9.18 Å². The van der Waals surface area contributed by atoms with Gasteiger partial charge in [-0.3, -0.25) is 14.4 Å². The Balaban J connectivity index is 1.37. The minimum atomic E-state index is -0.313. The minimum absolute atomic E-state index is 0.138. The predicted molar refractivity (Wildman–Crippen MR) is 115 cm³/mol. The van der Waals surface area contributed by atoms with Crippen LogP contribution < -0.4 is 0 Å². The number of carbonyl (C=O) groups is 1. The second kappa shape index (κ2) is 8.02. The van der Waals surface area contributed by atoms with Crippen LogP contribution in [0.25, 0.3) is 0 Å². The topological polar surface area (TPSA) is 50.6 Å². The number of hydrogen-bond donors (Lipinski definition) is 0. The van der Waals surface area contributed by atoms with Gasteiger partial charge in [-0.25, -0.2) is 4.39 Å². The van der Waals surface area contributed by atoms with Gasteiger partial charge in [-0.1, -0.05) is 6.07 Å². The number of nitrogens with zero attached hydrogens (tertiary/aromatic N) is 4. The molecule has 2 fully saturated rings. The summed E-state index contributed by atoms with van der Waals surface area (Å²) in [4.78, 5) is 17.2. The molecule has 2 aromatic rings. The summed E-state index contributed by atoms with van der Waals surface area (Å²) in [6.45, 7) is 1.97. The molecule has 5 rings (SSSR count). The third-order valence-corrected chi connectivity index (χ3v) is 7.40. The number of benzene rings is 1. The van der Waals surface area contributed by atoms with E-state index in [0.717, 1.165) is 44.2 Å². The molecule has 1 aromatic heterocycles. The monoisotopic (exact) mass is 426 g/mol. The second-order valence-electron chi connectivity index (χ2n) is 9.54. The summed E-state index contributed by atoms with van der Waals surface area (Å²) in [5.41, 5.74) is 1.96. The van der Waals surface area contributed by atoms with E-state index in [4.69, 9.17) is 4.74 Å². The summed E-state index contributed by atoms with van der Waals surface area (Å²) in [6.07, 6.45) is 8.51. The lowest BCUT2D eigenvalue weighted by atomic mass is 9.76. The molecule has 1 spiro atoms. The van der Waals surface area contributed by atoms with Crippen LogP contribution in [0.1, 0.15) is 36.8 Å². The van der Waals surface area contributed by atoms with Gasteiger partial charge in [0.1, 0.15) is 5.82 Å². The van der Waals surface area contributed by atoms with E-state index in [1.165, 1.54) is 5.56 Å². The van der Waals surface area contributed by atoms with Crippen LogP contribution in [-0.2, 0) is 28.1 Å². The lowest BCUT2D eigenvalue weighted by Gasteiger charge is -2.49. The highest BCUT2D eigenvalue weighted by Crippen LogP contribution is 2.50. The van der Waals surface area contributed by atoms with Crippen LogP contribution in [0, 0.1) is 11.7 Å². The molecule has 166 valence electrons. The molecule has 1 aromatic carbocycles. The summed E-state index contributed by atoms with van der Waals surface area (Å²) >= 11 is 0. The maximum atomic E-state index is 13.8. The van der Waals surface area contributed by atoms with Gasteiger partial charge in [0, 0.05) is 45.1 Å². The van der Waals surface area contributed by atoms with E-state index >= 15 is 0 Å². The standard InChI is InChI=1S/C24H31FN4O2/c1-27(2)23(30)18(15-28-10-3-9-26-28)16-29-20-5-6-21(29)14-24(13-20)22-7-4-19(25)12-17(22)8-11-31-24/h3-4,7,9-10,12,18,20-21H,5-6,8,11,13-16H2,1-2H3. The zero-order valence-corrected chi connectivity index (χ0v) is 18.3. The Hall–Kier alpha value is -2.25. The molecule has 3 atom stereocenters. The van der Waals surface area contributed by atoms with Crippen LogP contribution in [0.5, 0.6) is 0 Å². The number of halogens is 1. The van der Waals surface area contributed by atoms with Crippen molar-refractivity contribution in [3.8, 4) is 0 Å². The number of amides is 1. The summed E-state index contributed by atoms with van der Waals surface area (Å²) in [6, 6.07) is 7.85. The van der Waals surface area contributed by atoms with Crippen molar-refractivity contribution < 1.29 is 13.9 Å². The number of carbonyl (C=O) groups excluding carboxylic acids is 1. The molecule has 7 heteroatoms. The highest BCUT2D eigenvalue weighted by Gasteiger charge is 2.52. The number of ether oxygens (including phenoxy) is 1. The highest BCUT2D eigenvalue weighted by atomic mass is 19.1. The van der Waals surface area contributed by atoms with Crippen molar-refractivity contribution in [1.29, 1.82) is 0 Å². The lowest BCUT2D eigenvalue weighted by Crippen LogP contribution is -2.54. The summed E-state index contributed by atoms with van der Waals surface area (Å²) < 4.78 is 22.1. The fourth-order valence-electron chi connectivity index (χ4n) is 6.05. The Labute approximate surface area is 183 Å². The van der Waals surface area contributed by atoms with Crippen LogP contribution in [0.2, 0.25) is 0 Å². The van der Waals surface area contributed by atoms with Gasteiger partial charge in [0.15, 0.2) is 0 Å². The van der Waals surface area contributed by atoms with E-state index in [1.54, 1.807) is 23.2 Å². The molecule has 0 N–H and O–H groups in total. The van der Waals surface area contributed by atoms with Crippen LogP contribution in [0.3, 0.4) is 0 Å². The molecule has 3 aliphatic heterocycles. The molecular weight excluding hydrogens is 395 g/mol. The smallest absolute Gasteiger partial charge is 0.228 e. The van der Waals surface area contributed by atoms with Gasteiger partial charge in [0.25, 0.3) is 0 Å². The molecule has 6 nitrogen and oxygen atoms in total. The van der Waals surface area contributed by atoms with E-state index in [1.807, 2.05) is 37.1 Å². The van der Waals surface area contributed by atoms with Crippen molar-refractivity contribution in [3.05, 3.63) is 53.6 Å². The van der Waals surface area contributed by atoms with Crippen LogP contribution in [-0.4, -0.2) is 64.8 Å². The third-order valence-electron chi connectivity index (χ3n) is 7.40. The van der Waals surface area contributed by atoms with E-state index in [0.29, 0.717) is 25.2 Å². The SMILES string of the molecule is CN(C)C(=O)C(CN1C2CCC1CC1(C2)OCCc2cc(F)ccc21)Cn1cccn1. The largest absolute Gasteiger partial charge is 0.370 e. The second-order valence-corrected chi connectivity index (χ2v) is 9.54. The molecular formula is C24H31FN4O2. The number of aromatic nitrogens is 2. The number of rotatable bonds is 5. The molecule has 0 radical (unpaired) electrons. The van der Waals surface area contributed by atoms with Crippen LogP contribution in [0.15, 0.2) is 36.7 Å². The minimum Gasteiger partial charge on any atom is -0.370 e. The third kappa shape index (κ3) is 3.78. The molecule has 2 saturated heterocycles. The Kier molecular flexibility index (Phi) is 5.34. The van der Waals surface area contributed by atoms with Gasteiger partial charge in [-0.2, -0.15) is 5.10 Å². The molecule has 31 heavy (non-hydrogen) atoms. The zero-order valence-electron chi connectivity index (χ0n) is 18.3. The normalized spacial score (nSPS) is 28.5. The fourth-order valence-corrected chi connectivity index (χ4v) is 6.05. The summed E-state index contributed by atoms with van der Waals surface area (Å²) in [5, 5.41) is 4.32. The first-order valence-corrected chi connectivity index (χ1v) is 11.3. The van der Waals surface area contributed by atoms with Gasteiger partial charge >= 0.3 is 0 Å². The van der Waals surface area contributed by atoms with Crippen molar-refractivity contribution in [2.45, 2.75) is 56.3 Å². The molecule has 0 aliphatic carbocycles. The summed E-state index contributed by atoms with van der Waals surface area (Å²) in [7, 11) is 3.65. The van der Waals surface area contributed by atoms with E-state index in [-0.39, 0.29) is 23.2 Å². The predicted octanol–water partition coefficient (Wildman–Crippen LogP) is 2.82. The van der Waals surface area contributed by atoms with Crippen molar-refractivity contribution in [2.75, 3.05) is 27.2 Å². The van der Waals surface area contributed by atoms with E-state index < -0.39 is 0 Å². The number of piperidine rings is 1. The van der Waals surface area contributed by atoms with Crippen molar-refractivity contribution >= 4 is 5.91 Å². The Morgan fingerprint density at radius 2 is 2.06 bits per heavy atom. The Morgan fingerprint density at radius 3 is 2.74 bits per heavy atom. The zero-order chi connectivity index (χ0) is 21.6. The maximum absolute atomic E-state index is 13.8. The Bertz CT molecular complexity index is 931. The average Bonchev–Trinajstić information content (AvgIpc) is 3.33. The number of hydrogen-bond acceptors (Lipinski definition) is 4. The fraction of sp³-hybridized carbons (Fsp3) is 0.583. The molecule has 2 bridgehead atoms. The Morgan fingerprint density at radius 1 is 1.29 bits per heavy atom. The maximum Gasteiger partial charge on any atom is 0.228 e. The quantitative estimate of drug-likeness (QED) is 0.738. The molecule has 1 amide bonds. The van der Waals surface area contributed by atoms with Crippen molar-refractivity contribution in [1.82, 2.24) is 19.6 Å². The molecule has 3 unspecified atom stereocenters. The van der Waals surface area contributed by atoms with Gasteiger partial charge in [0.05, 0.1) is 24.7 Å². The van der Waals surface area contributed by atoms with Gasteiger partial charge in [-0.05, 0) is 61.4 Å². The average molecular weight is 427 g/mol. The molecule has 3 aliphatic rings. The van der Waals surface area contributed by atoms with Gasteiger partial charge < -0.3 is 9.64 Å². The highest BCUT2D eigenvalue weighted by molar-refractivity contribution is 5.78. The van der Waals surface area contributed by atoms with Gasteiger partial charge in [-0.15, -0.1) is 0 Å². The lowest BCUT2D eigenvalue weighted by molar-refractivity contribution is -0.138. The van der Waals surface area contributed by atoms with Crippen molar-refractivity contribution in [2.24, 2.45) is 5.92 Å². The van der Waals surface area contributed by atoms with Crippen molar-refractivity contribution in [3.63, 3.8) is 0 Å². The van der Waals surface area contributed by atoms with Gasteiger partial charge in [0.2, 0.25) is 5.91 Å². The summed E-state index contributed by atoms with van der Waals surface area (Å²) in [5.74, 6) is -0.162. The molecule has 4 heterocycles. The van der Waals surface area contributed by atoms with Crippen LogP contribution >= 0.6 is 0 Å². The van der Waals surface area contributed by atoms with Crippen LogP contribution in [0.4, 0.5) is 4.39 Å². The molecule has 0 saturated carbocycles.